The van der Waals surface area contributed by atoms with E-state index in [1.165, 1.54) is 12.1 Å². The summed E-state index contributed by atoms with van der Waals surface area (Å²) in [6.07, 6.45) is 0.0810. The minimum atomic E-state index is -3.10. The van der Waals surface area contributed by atoms with Gasteiger partial charge in [-0.15, -0.1) is 0 Å². The van der Waals surface area contributed by atoms with E-state index in [1.807, 2.05) is 0 Å². The van der Waals surface area contributed by atoms with Crippen LogP contribution in [0.15, 0.2) is 18.2 Å². The zero-order valence-electron chi connectivity index (χ0n) is 10.8. The van der Waals surface area contributed by atoms with E-state index >= 15 is 0 Å². The molecule has 0 fully saturated rings. The lowest BCUT2D eigenvalue weighted by molar-refractivity contribution is -0.117. The van der Waals surface area contributed by atoms with Crippen LogP contribution in [0.5, 0.6) is 11.5 Å². The van der Waals surface area contributed by atoms with Crippen LogP contribution in [0.1, 0.15) is 12.0 Å². The van der Waals surface area contributed by atoms with E-state index in [2.05, 4.69) is 14.8 Å². The molecule has 9 heteroatoms. The largest absolute Gasteiger partial charge is 0.435 e. The van der Waals surface area contributed by atoms with Crippen molar-refractivity contribution in [3.05, 3.63) is 23.8 Å². The van der Waals surface area contributed by atoms with Crippen molar-refractivity contribution in [2.45, 2.75) is 26.2 Å². The van der Waals surface area contributed by atoms with Crippen molar-refractivity contribution in [2.75, 3.05) is 6.54 Å². The van der Waals surface area contributed by atoms with E-state index in [1.54, 1.807) is 0 Å². The first-order valence-corrected chi connectivity index (χ1v) is 5.90. The van der Waals surface area contributed by atoms with Gasteiger partial charge in [-0.2, -0.15) is 17.6 Å². The third kappa shape index (κ3) is 6.80. The molecule has 1 aromatic rings. The number of carbonyl (C=O) groups is 1. The maximum Gasteiger partial charge on any atom is 0.387 e. The first-order chi connectivity index (χ1) is 9.88. The second kappa shape index (κ2) is 8.30. The number of primary amides is 1. The summed E-state index contributed by atoms with van der Waals surface area (Å²) in [7, 11) is 0. The summed E-state index contributed by atoms with van der Waals surface area (Å²) in [5.41, 5.74) is 5.25. The second-order valence-corrected chi connectivity index (χ2v) is 3.92. The number of halogens is 4. The highest BCUT2D eigenvalue weighted by atomic mass is 19.3. The summed E-state index contributed by atoms with van der Waals surface area (Å²) in [6.45, 7) is -5.82. The third-order valence-corrected chi connectivity index (χ3v) is 2.34. The zero-order valence-corrected chi connectivity index (χ0v) is 10.8. The lowest BCUT2D eigenvalue weighted by Crippen LogP contribution is -2.22. The Morgan fingerprint density at radius 1 is 1.19 bits per heavy atom. The fourth-order valence-corrected chi connectivity index (χ4v) is 1.50. The number of ether oxygens (including phenoxy) is 2. The molecule has 0 heterocycles. The van der Waals surface area contributed by atoms with Gasteiger partial charge in [0, 0.05) is 31.1 Å². The van der Waals surface area contributed by atoms with Crippen LogP contribution in [0.3, 0.4) is 0 Å². The van der Waals surface area contributed by atoms with E-state index in [-0.39, 0.29) is 31.0 Å². The number of nitrogens with two attached hydrogens (primary N) is 1. The Bertz CT molecular complexity index is 472. The summed E-state index contributed by atoms with van der Waals surface area (Å²) < 4.78 is 57.1. The Morgan fingerprint density at radius 3 is 2.43 bits per heavy atom. The molecular weight excluding hydrogens is 296 g/mol. The molecule has 0 saturated carbocycles. The maximum atomic E-state index is 12.3. The standard InChI is InChI=1S/C12H14F4N2O3/c13-11(14)20-8-2-1-7(6-18-4-3-10(17)19)9(5-8)21-12(15)16/h1-2,5,11-12,18H,3-4,6H2,(H2,17,19). The minimum Gasteiger partial charge on any atom is -0.435 e. The highest BCUT2D eigenvalue weighted by Gasteiger charge is 2.13. The van der Waals surface area contributed by atoms with Gasteiger partial charge in [-0.05, 0) is 6.07 Å². The Morgan fingerprint density at radius 2 is 1.86 bits per heavy atom. The van der Waals surface area contributed by atoms with E-state index in [9.17, 15) is 22.4 Å². The van der Waals surface area contributed by atoms with E-state index in [0.717, 1.165) is 6.07 Å². The first kappa shape index (κ1) is 17.0. The van der Waals surface area contributed by atoms with Gasteiger partial charge in [-0.25, -0.2) is 0 Å². The van der Waals surface area contributed by atoms with Gasteiger partial charge >= 0.3 is 13.2 Å². The number of nitrogens with one attached hydrogen (secondary N) is 1. The highest BCUT2D eigenvalue weighted by Crippen LogP contribution is 2.27. The molecule has 0 radical (unpaired) electrons. The molecule has 1 amide bonds. The second-order valence-electron chi connectivity index (χ2n) is 3.92. The molecule has 0 bridgehead atoms. The first-order valence-electron chi connectivity index (χ1n) is 5.90. The van der Waals surface area contributed by atoms with Gasteiger partial charge < -0.3 is 20.5 Å². The molecular formula is C12H14F4N2O3. The lowest BCUT2D eigenvalue weighted by Gasteiger charge is -2.13. The molecule has 0 unspecified atom stereocenters. The Balaban J connectivity index is 2.73. The van der Waals surface area contributed by atoms with Crippen molar-refractivity contribution in [1.82, 2.24) is 5.32 Å². The molecule has 1 rings (SSSR count). The molecule has 118 valence electrons. The summed E-state index contributed by atoms with van der Waals surface area (Å²) in [5.74, 6) is -1.08. The molecule has 1 aromatic carbocycles. The molecule has 3 N–H and O–H groups in total. The summed E-state index contributed by atoms with van der Waals surface area (Å²) >= 11 is 0. The fraction of sp³-hybridized carbons (Fsp3) is 0.417. The van der Waals surface area contributed by atoms with Crippen LogP contribution in [-0.2, 0) is 11.3 Å². The molecule has 21 heavy (non-hydrogen) atoms. The Hall–Kier alpha value is -2.03. The average Bonchev–Trinajstić information content (AvgIpc) is 2.35. The van der Waals surface area contributed by atoms with E-state index in [0.29, 0.717) is 5.56 Å². The molecule has 0 aliphatic heterocycles. The van der Waals surface area contributed by atoms with Crippen molar-refractivity contribution in [1.29, 1.82) is 0 Å². The maximum absolute atomic E-state index is 12.3. The number of hydrogen-bond acceptors (Lipinski definition) is 4. The van der Waals surface area contributed by atoms with Gasteiger partial charge in [0.15, 0.2) is 0 Å². The topological polar surface area (TPSA) is 73.6 Å². The fourth-order valence-electron chi connectivity index (χ4n) is 1.50. The predicted molar refractivity (Wildman–Crippen MR) is 65.2 cm³/mol. The average molecular weight is 310 g/mol. The van der Waals surface area contributed by atoms with Crippen molar-refractivity contribution in [2.24, 2.45) is 5.73 Å². The van der Waals surface area contributed by atoms with Crippen LogP contribution in [0.2, 0.25) is 0 Å². The highest BCUT2D eigenvalue weighted by molar-refractivity contribution is 5.73. The predicted octanol–water partition coefficient (Wildman–Crippen LogP) is 1.85. The van der Waals surface area contributed by atoms with Crippen LogP contribution in [0, 0.1) is 0 Å². The molecule has 0 saturated heterocycles. The quantitative estimate of drug-likeness (QED) is 0.539. The SMILES string of the molecule is NC(=O)CCNCc1ccc(OC(F)F)cc1OC(F)F. The number of carbonyl (C=O) groups excluding carboxylic acids is 1. The van der Waals surface area contributed by atoms with Gasteiger partial charge in [0.05, 0.1) is 0 Å². The smallest absolute Gasteiger partial charge is 0.387 e. The zero-order chi connectivity index (χ0) is 15.8. The minimum absolute atomic E-state index is 0.0810. The van der Waals surface area contributed by atoms with Crippen LogP contribution in [0.4, 0.5) is 17.6 Å². The number of hydrogen-bond donors (Lipinski definition) is 2. The van der Waals surface area contributed by atoms with Crippen molar-refractivity contribution < 1.29 is 31.8 Å². The summed E-state index contributed by atoms with van der Waals surface area (Å²) in [4.78, 5) is 10.5. The van der Waals surface area contributed by atoms with Gasteiger partial charge in [0.2, 0.25) is 5.91 Å². The molecule has 0 aliphatic rings. The number of amides is 1. The van der Waals surface area contributed by atoms with Gasteiger partial charge in [0.1, 0.15) is 11.5 Å². The van der Waals surface area contributed by atoms with Crippen molar-refractivity contribution in [3.8, 4) is 11.5 Å². The normalized spacial score (nSPS) is 11.0. The third-order valence-electron chi connectivity index (χ3n) is 2.34. The van der Waals surface area contributed by atoms with E-state index < -0.39 is 19.1 Å². The van der Waals surface area contributed by atoms with Gasteiger partial charge in [-0.1, -0.05) is 6.07 Å². The summed E-state index contributed by atoms with van der Waals surface area (Å²) in [6, 6.07) is 3.46. The monoisotopic (exact) mass is 310 g/mol. The van der Waals surface area contributed by atoms with E-state index in [4.69, 9.17) is 5.73 Å². The van der Waals surface area contributed by atoms with Crippen LogP contribution in [-0.4, -0.2) is 25.7 Å². The Labute approximate surface area is 118 Å². The number of alkyl halides is 4. The van der Waals surface area contributed by atoms with Crippen LogP contribution in [0.25, 0.3) is 0 Å². The molecule has 0 spiro atoms. The molecule has 0 aliphatic carbocycles. The van der Waals surface area contributed by atoms with Gasteiger partial charge in [-0.3, -0.25) is 4.79 Å². The van der Waals surface area contributed by atoms with Crippen LogP contribution < -0.4 is 20.5 Å². The molecule has 5 nitrogen and oxygen atoms in total. The van der Waals surface area contributed by atoms with Gasteiger partial charge in [0.25, 0.3) is 0 Å². The molecule has 0 atom stereocenters. The summed E-state index contributed by atoms with van der Waals surface area (Å²) in [5, 5.41) is 2.79. The number of benzene rings is 1. The van der Waals surface area contributed by atoms with Crippen molar-refractivity contribution in [3.63, 3.8) is 0 Å². The lowest BCUT2D eigenvalue weighted by atomic mass is 10.2. The Kier molecular flexibility index (Phi) is 6.73. The van der Waals surface area contributed by atoms with Crippen molar-refractivity contribution >= 4 is 5.91 Å². The number of rotatable bonds is 9. The van der Waals surface area contributed by atoms with Crippen LogP contribution >= 0.6 is 0 Å². The molecule has 0 aromatic heterocycles.